The van der Waals surface area contributed by atoms with Crippen LogP contribution in [0, 0.1) is 0 Å². The van der Waals surface area contributed by atoms with Crippen molar-refractivity contribution in [3.63, 3.8) is 0 Å². The zero-order chi connectivity index (χ0) is 33.8. The number of hydrogen-bond acceptors (Lipinski definition) is 2. The van der Waals surface area contributed by atoms with Gasteiger partial charge in [-0.3, -0.25) is 0 Å². The second kappa shape index (κ2) is 11.8. The predicted molar refractivity (Wildman–Crippen MR) is 211 cm³/mol. The molecule has 0 saturated heterocycles. The third-order valence-corrected chi connectivity index (χ3v) is 10.6. The van der Waals surface area contributed by atoms with Crippen LogP contribution in [0.15, 0.2) is 194 Å². The van der Waals surface area contributed by atoms with E-state index in [1.807, 2.05) is 18.2 Å². The summed E-state index contributed by atoms with van der Waals surface area (Å²) in [4.78, 5) is 10.4. The van der Waals surface area contributed by atoms with Crippen molar-refractivity contribution in [2.24, 2.45) is 0 Å². The molecule has 0 fully saturated rings. The summed E-state index contributed by atoms with van der Waals surface area (Å²) >= 11 is 0. The lowest BCUT2D eigenvalue weighted by molar-refractivity contribution is 0.775. The fourth-order valence-electron chi connectivity index (χ4n) is 8.33. The van der Waals surface area contributed by atoms with E-state index in [9.17, 15) is 0 Å². The van der Waals surface area contributed by atoms with Gasteiger partial charge in [0.2, 0.25) is 0 Å². The first kappa shape index (κ1) is 29.3. The Balaban J connectivity index is 1.26. The van der Waals surface area contributed by atoms with Gasteiger partial charge in [0.1, 0.15) is 0 Å². The molecular weight excluding hydrogens is 617 g/mol. The van der Waals surface area contributed by atoms with Gasteiger partial charge in [-0.1, -0.05) is 182 Å². The molecule has 0 radical (unpaired) electrons. The maximum absolute atomic E-state index is 5.29. The van der Waals surface area contributed by atoms with Crippen molar-refractivity contribution in [3.05, 3.63) is 216 Å². The van der Waals surface area contributed by atoms with Crippen molar-refractivity contribution in [3.8, 4) is 45.0 Å². The smallest absolute Gasteiger partial charge is 0.160 e. The van der Waals surface area contributed by atoms with Gasteiger partial charge in [-0.15, -0.1) is 0 Å². The highest BCUT2D eigenvalue weighted by Crippen LogP contribution is 2.58. The van der Waals surface area contributed by atoms with E-state index in [1.54, 1.807) is 0 Å². The molecule has 0 spiro atoms. The molecule has 0 atom stereocenters. The van der Waals surface area contributed by atoms with Gasteiger partial charge < -0.3 is 0 Å². The van der Waals surface area contributed by atoms with Crippen molar-refractivity contribution in [2.45, 2.75) is 5.41 Å². The lowest BCUT2D eigenvalue weighted by Crippen LogP contribution is -2.28. The molecule has 238 valence electrons. The largest absolute Gasteiger partial charge is 0.228 e. The van der Waals surface area contributed by atoms with Gasteiger partial charge >= 0.3 is 0 Å². The molecule has 9 aromatic rings. The van der Waals surface area contributed by atoms with Gasteiger partial charge in [-0.05, 0) is 67.1 Å². The third-order valence-electron chi connectivity index (χ3n) is 10.6. The van der Waals surface area contributed by atoms with E-state index in [0.29, 0.717) is 5.82 Å². The normalized spacial score (nSPS) is 12.9. The Kier molecular flexibility index (Phi) is 6.75. The van der Waals surface area contributed by atoms with Crippen molar-refractivity contribution >= 4 is 21.5 Å². The van der Waals surface area contributed by atoms with E-state index in [-0.39, 0.29) is 0 Å². The summed E-state index contributed by atoms with van der Waals surface area (Å²) in [5.74, 6) is 0.713. The number of nitrogens with zero attached hydrogens (tertiary/aromatic N) is 2. The van der Waals surface area contributed by atoms with Crippen LogP contribution in [0.5, 0.6) is 0 Å². The van der Waals surface area contributed by atoms with Crippen LogP contribution in [0.2, 0.25) is 0 Å². The summed E-state index contributed by atoms with van der Waals surface area (Å²) < 4.78 is 0. The molecule has 1 aliphatic carbocycles. The summed E-state index contributed by atoms with van der Waals surface area (Å²) in [6.45, 7) is 0. The average Bonchev–Trinajstić information content (AvgIpc) is 3.53. The Morgan fingerprint density at radius 1 is 0.353 bits per heavy atom. The molecule has 51 heavy (non-hydrogen) atoms. The molecule has 1 aromatic heterocycles. The monoisotopic (exact) mass is 648 g/mol. The number of rotatable bonds is 5. The van der Waals surface area contributed by atoms with Crippen LogP contribution in [0.25, 0.3) is 66.6 Å². The van der Waals surface area contributed by atoms with Gasteiger partial charge in [-0.25, -0.2) is 9.97 Å². The molecule has 0 saturated carbocycles. The number of aromatic nitrogens is 2. The van der Waals surface area contributed by atoms with E-state index in [2.05, 4.69) is 176 Å². The fourth-order valence-corrected chi connectivity index (χ4v) is 8.33. The minimum absolute atomic E-state index is 0.496. The van der Waals surface area contributed by atoms with Gasteiger partial charge in [0.15, 0.2) is 5.82 Å². The summed E-state index contributed by atoms with van der Waals surface area (Å²) in [6, 6.07) is 69.8. The first-order chi connectivity index (χ1) is 25.3. The molecule has 0 unspecified atom stereocenters. The van der Waals surface area contributed by atoms with E-state index in [0.717, 1.165) is 28.1 Å². The molecule has 1 heterocycles. The highest BCUT2D eigenvalue weighted by molar-refractivity contribution is 6.05. The van der Waals surface area contributed by atoms with Crippen LogP contribution < -0.4 is 0 Å². The van der Waals surface area contributed by atoms with Crippen LogP contribution >= 0.6 is 0 Å². The molecule has 0 amide bonds. The van der Waals surface area contributed by atoms with E-state index in [1.165, 1.54) is 54.9 Å². The summed E-state index contributed by atoms with van der Waals surface area (Å²) in [5, 5.41) is 4.79. The fraction of sp³-hybridized carbons (Fsp3) is 0.0204. The molecule has 1 aliphatic rings. The highest BCUT2D eigenvalue weighted by atomic mass is 14.9. The minimum atomic E-state index is -0.496. The second-order valence-corrected chi connectivity index (χ2v) is 13.3. The topological polar surface area (TPSA) is 25.8 Å². The standard InChI is InChI=1S/C49H32N2/c1-4-16-34(17-5-1)48-50-45(36-28-27-33-15-10-11-18-35(33)31-36)32-46(51-48)41-24-14-25-42-39(41)29-30-43-40-23-12-13-26-44(40)49(47(42)43,37-19-6-2-7-20-37)38-21-8-3-9-22-38/h1-32H. The van der Waals surface area contributed by atoms with E-state index in [4.69, 9.17) is 9.97 Å². The predicted octanol–water partition coefficient (Wildman–Crippen LogP) is 12.1. The van der Waals surface area contributed by atoms with E-state index >= 15 is 0 Å². The Bertz CT molecular complexity index is 2690. The highest BCUT2D eigenvalue weighted by Gasteiger charge is 2.47. The van der Waals surface area contributed by atoms with Crippen LogP contribution in [0.4, 0.5) is 0 Å². The van der Waals surface area contributed by atoms with Gasteiger partial charge in [0.05, 0.1) is 16.8 Å². The van der Waals surface area contributed by atoms with Gasteiger partial charge in [0, 0.05) is 16.7 Å². The summed E-state index contributed by atoms with van der Waals surface area (Å²) in [5.41, 5.74) is 12.1. The lowest BCUT2D eigenvalue weighted by atomic mass is 9.66. The lowest BCUT2D eigenvalue weighted by Gasteiger charge is -2.34. The Morgan fingerprint density at radius 2 is 0.980 bits per heavy atom. The molecule has 10 rings (SSSR count). The molecule has 0 aliphatic heterocycles. The number of fused-ring (bicyclic) bond motifs is 6. The molecule has 0 bridgehead atoms. The number of hydrogen-bond donors (Lipinski definition) is 0. The van der Waals surface area contributed by atoms with Crippen molar-refractivity contribution < 1.29 is 0 Å². The SMILES string of the molecule is c1ccc(-c2nc(-c3ccc4ccccc4c3)cc(-c3cccc4c5c(ccc34)-c3ccccc3C5(c3ccccc3)c3ccccc3)n2)cc1. The molecule has 8 aromatic carbocycles. The Labute approximate surface area is 297 Å². The molecule has 2 heteroatoms. The average molecular weight is 649 g/mol. The first-order valence-electron chi connectivity index (χ1n) is 17.5. The second-order valence-electron chi connectivity index (χ2n) is 13.3. The number of benzene rings is 8. The molecule has 2 nitrogen and oxygen atoms in total. The van der Waals surface area contributed by atoms with Gasteiger partial charge in [0.25, 0.3) is 0 Å². The first-order valence-corrected chi connectivity index (χ1v) is 17.5. The molecular formula is C49H32N2. The third kappa shape index (κ3) is 4.57. The summed E-state index contributed by atoms with van der Waals surface area (Å²) in [6.07, 6.45) is 0. The van der Waals surface area contributed by atoms with Crippen LogP contribution in [0.3, 0.4) is 0 Å². The van der Waals surface area contributed by atoms with Crippen molar-refractivity contribution in [1.82, 2.24) is 9.97 Å². The van der Waals surface area contributed by atoms with Crippen molar-refractivity contribution in [1.29, 1.82) is 0 Å². The zero-order valence-electron chi connectivity index (χ0n) is 27.9. The van der Waals surface area contributed by atoms with Crippen LogP contribution in [-0.2, 0) is 5.41 Å². The van der Waals surface area contributed by atoms with Gasteiger partial charge in [-0.2, -0.15) is 0 Å². The Morgan fingerprint density at radius 3 is 1.75 bits per heavy atom. The minimum Gasteiger partial charge on any atom is -0.228 e. The van der Waals surface area contributed by atoms with E-state index < -0.39 is 5.41 Å². The maximum Gasteiger partial charge on any atom is 0.160 e. The quantitative estimate of drug-likeness (QED) is 0.186. The van der Waals surface area contributed by atoms with Crippen LogP contribution in [0.1, 0.15) is 22.3 Å². The van der Waals surface area contributed by atoms with Crippen LogP contribution in [-0.4, -0.2) is 9.97 Å². The Hall–Kier alpha value is -6.64. The molecule has 0 N–H and O–H groups in total. The van der Waals surface area contributed by atoms with Crippen molar-refractivity contribution in [2.75, 3.05) is 0 Å². The zero-order valence-corrected chi connectivity index (χ0v) is 27.9. The summed E-state index contributed by atoms with van der Waals surface area (Å²) in [7, 11) is 0. The maximum atomic E-state index is 5.29.